The van der Waals surface area contributed by atoms with Crippen molar-refractivity contribution in [2.24, 2.45) is 0 Å². The highest BCUT2D eigenvalue weighted by molar-refractivity contribution is 5.38. The minimum absolute atomic E-state index is 0.276. The van der Waals surface area contributed by atoms with Crippen molar-refractivity contribution in [1.29, 1.82) is 0 Å². The molecule has 0 aromatic heterocycles. The van der Waals surface area contributed by atoms with Gasteiger partial charge in [-0.2, -0.15) is 0 Å². The molecule has 0 spiro atoms. The molecule has 1 nitrogen and oxygen atoms in total. The predicted octanol–water partition coefficient (Wildman–Crippen LogP) is 4.40. The molecule has 0 saturated heterocycles. The molecule has 112 valence electrons. The Kier molecular flexibility index (Phi) is 5.07. The normalized spacial score (nSPS) is 12.4. The minimum atomic E-state index is -0.554. The van der Waals surface area contributed by atoms with E-state index in [1.807, 2.05) is 6.07 Å². The van der Waals surface area contributed by atoms with Crippen LogP contribution in [0.3, 0.4) is 0 Å². The topological polar surface area (TPSA) is 12.0 Å². The van der Waals surface area contributed by atoms with E-state index in [9.17, 15) is 8.78 Å². The highest BCUT2D eigenvalue weighted by Crippen LogP contribution is 2.27. The first-order chi connectivity index (χ1) is 10.1. The first kappa shape index (κ1) is 15.6. The maximum atomic E-state index is 14.0. The average Bonchev–Trinajstić information content (AvgIpc) is 2.49. The summed E-state index contributed by atoms with van der Waals surface area (Å²) in [5.41, 5.74) is 4.05. The van der Waals surface area contributed by atoms with Crippen LogP contribution < -0.4 is 5.32 Å². The average molecular weight is 289 g/mol. The molecule has 0 saturated carbocycles. The monoisotopic (exact) mass is 289 g/mol. The van der Waals surface area contributed by atoms with Gasteiger partial charge in [-0.05, 0) is 42.6 Å². The molecule has 0 bridgehead atoms. The fourth-order valence-corrected chi connectivity index (χ4v) is 2.74. The lowest BCUT2D eigenvalue weighted by molar-refractivity contribution is 0.551. The van der Waals surface area contributed by atoms with Gasteiger partial charge in [0.2, 0.25) is 0 Å². The van der Waals surface area contributed by atoms with E-state index < -0.39 is 11.6 Å². The van der Waals surface area contributed by atoms with Gasteiger partial charge in [-0.1, -0.05) is 38.1 Å². The summed E-state index contributed by atoms with van der Waals surface area (Å²) in [6, 6.07) is 9.68. The molecule has 21 heavy (non-hydrogen) atoms. The molecule has 0 amide bonds. The number of rotatable bonds is 5. The quantitative estimate of drug-likeness (QED) is 0.860. The summed E-state index contributed by atoms with van der Waals surface area (Å²) in [4.78, 5) is 0. The van der Waals surface area contributed by atoms with E-state index in [-0.39, 0.29) is 6.04 Å². The van der Waals surface area contributed by atoms with Crippen molar-refractivity contribution in [3.05, 3.63) is 70.3 Å². The van der Waals surface area contributed by atoms with Gasteiger partial charge >= 0.3 is 0 Å². The van der Waals surface area contributed by atoms with Crippen LogP contribution in [0.2, 0.25) is 0 Å². The van der Waals surface area contributed by atoms with Crippen molar-refractivity contribution in [1.82, 2.24) is 5.32 Å². The van der Waals surface area contributed by atoms with E-state index in [1.165, 1.54) is 23.3 Å². The Hall–Kier alpha value is -1.74. The number of hydrogen-bond acceptors (Lipinski definition) is 1. The molecule has 0 aliphatic heterocycles. The van der Waals surface area contributed by atoms with Crippen LogP contribution in [0.15, 0.2) is 36.4 Å². The molecule has 0 radical (unpaired) electrons. The summed E-state index contributed by atoms with van der Waals surface area (Å²) in [5, 5.41) is 3.12. The van der Waals surface area contributed by atoms with Crippen molar-refractivity contribution < 1.29 is 8.78 Å². The Labute approximate surface area is 125 Å². The van der Waals surface area contributed by atoms with Gasteiger partial charge in [-0.3, -0.25) is 0 Å². The molecular weight excluding hydrogens is 268 g/mol. The van der Waals surface area contributed by atoms with Gasteiger partial charge in [-0.15, -0.1) is 0 Å². The van der Waals surface area contributed by atoms with Gasteiger partial charge < -0.3 is 5.32 Å². The van der Waals surface area contributed by atoms with Gasteiger partial charge in [0, 0.05) is 11.6 Å². The van der Waals surface area contributed by atoms with Crippen molar-refractivity contribution >= 4 is 0 Å². The fraction of sp³-hybridized carbons (Fsp3) is 0.333. The molecule has 2 aromatic rings. The maximum Gasteiger partial charge on any atom is 0.131 e. The number of nitrogens with one attached hydrogen (secondary N) is 1. The Morgan fingerprint density at radius 2 is 1.67 bits per heavy atom. The van der Waals surface area contributed by atoms with E-state index in [0.29, 0.717) is 5.56 Å². The standard InChI is InChI=1S/C18H21F2N/c1-4-12-6-7-14(10-13(12)5-2)18(21-3)16-9-8-15(19)11-17(16)20/h6-11,18,21H,4-5H2,1-3H3. The van der Waals surface area contributed by atoms with E-state index in [0.717, 1.165) is 24.5 Å². The second-order valence-electron chi connectivity index (χ2n) is 5.12. The SMILES string of the molecule is CCc1ccc(C(NC)c2ccc(F)cc2F)cc1CC. The number of aryl methyl sites for hydroxylation is 2. The first-order valence-electron chi connectivity index (χ1n) is 7.34. The van der Waals surface area contributed by atoms with Gasteiger partial charge in [0.25, 0.3) is 0 Å². The number of hydrogen-bond donors (Lipinski definition) is 1. The third kappa shape index (κ3) is 3.30. The molecule has 0 heterocycles. The Morgan fingerprint density at radius 1 is 0.952 bits per heavy atom. The van der Waals surface area contributed by atoms with E-state index in [2.05, 4.69) is 31.3 Å². The summed E-state index contributed by atoms with van der Waals surface area (Å²) in [7, 11) is 1.78. The summed E-state index contributed by atoms with van der Waals surface area (Å²) in [5.74, 6) is -1.08. The van der Waals surface area contributed by atoms with Crippen LogP contribution in [0, 0.1) is 11.6 Å². The summed E-state index contributed by atoms with van der Waals surface area (Å²) in [6.45, 7) is 4.24. The largest absolute Gasteiger partial charge is 0.309 e. The first-order valence-corrected chi connectivity index (χ1v) is 7.34. The Morgan fingerprint density at radius 3 is 2.24 bits per heavy atom. The Bertz CT molecular complexity index is 623. The zero-order chi connectivity index (χ0) is 15.4. The third-order valence-corrected chi connectivity index (χ3v) is 3.89. The van der Waals surface area contributed by atoms with Crippen molar-refractivity contribution in [3.63, 3.8) is 0 Å². The van der Waals surface area contributed by atoms with Crippen LogP contribution in [0.5, 0.6) is 0 Å². The lowest BCUT2D eigenvalue weighted by Crippen LogP contribution is -2.19. The molecule has 1 atom stereocenters. The van der Waals surface area contributed by atoms with Crippen LogP contribution in [-0.4, -0.2) is 7.05 Å². The van der Waals surface area contributed by atoms with Gasteiger partial charge in [0.1, 0.15) is 11.6 Å². The van der Waals surface area contributed by atoms with E-state index >= 15 is 0 Å². The minimum Gasteiger partial charge on any atom is -0.309 e. The molecule has 1 N–H and O–H groups in total. The lowest BCUT2D eigenvalue weighted by Gasteiger charge is -2.20. The van der Waals surface area contributed by atoms with E-state index in [1.54, 1.807) is 7.05 Å². The molecule has 3 heteroatoms. The van der Waals surface area contributed by atoms with Crippen LogP contribution in [0.25, 0.3) is 0 Å². The molecule has 0 aliphatic carbocycles. The van der Waals surface area contributed by atoms with Crippen LogP contribution in [0.1, 0.15) is 42.1 Å². The van der Waals surface area contributed by atoms with Crippen LogP contribution in [0.4, 0.5) is 8.78 Å². The van der Waals surface area contributed by atoms with Gasteiger partial charge in [-0.25, -0.2) is 8.78 Å². The molecule has 1 unspecified atom stereocenters. The van der Waals surface area contributed by atoms with E-state index in [4.69, 9.17) is 0 Å². The Balaban J connectivity index is 2.46. The summed E-state index contributed by atoms with van der Waals surface area (Å²) in [6.07, 6.45) is 1.93. The molecule has 0 aliphatic rings. The molecule has 2 aromatic carbocycles. The van der Waals surface area contributed by atoms with Crippen LogP contribution >= 0.6 is 0 Å². The number of halogens is 2. The highest BCUT2D eigenvalue weighted by Gasteiger charge is 2.17. The zero-order valence-electron chi connectivity index (χ0n) is 12.7. The zero-order valence-corrected chi connectivity index (χ0v) is 12.7. The second kappa shape index (κ2) is 6.81. The smallest absolute Gasteiger partial charge is 0.131 e. The van der Waals surface area contributed by atoms with Gasteiger partial charge in [0.15, 0.2) is 0 Å². The fourth-order valence-electron chi connectivity index (χ4n) is 2.74. The number of benzene rings is 2. The third-order valence-electron chi connectivity index (χ3n) is 3.89. The van der Waals surface area contributed by atoms with Crippen molar-refractivity contribution in [2.45, 2.75) is 32.7 Å². The van der Waals surface area contributed by atoms with Crippen molar-refractivity contribution in [2.75, 3.05) is 7.05 Å². The molecule has 2 rings (SSSR count). The second-order valence-corrected chi connectivity index (χ2v) is 5.12. The highest BCUT2D eigenvalue weighted by atomic mass is 19.1. The van der Waals surface area contributed by atoms with Crippen LogP contribution in [-0.2, 0) is 12.8 Å². The summed E-state index contributed by atoms with van der Waals surface area (Å²) >= 11 is 0. The molecule has 0 fully saturated rings. The lowest BCUT2D eigenvalue weighted by atomic mass is 9.93. The molecular formula is C18H21F2N. The van der Waals surface area contributed by atoms with Gasteiger partial charge in [0.05, 0.1) is 6.04 Å². The predicted molar refractivity (Wildman–Crippen MR) is 82.5 cm³/mol. The summed E-state index contributed by atoms with van der Waals surface area (Å²) < 4.78 is 27.1. The maximum absolute atomic E-state index is 14.0. The van der Waals surface area contributed by atoms with Crippen molar-refractivity contribution in [3.8, 4) is 0 Å².